The summed E-state index contributed by atoms with van der Waals surface area (Å²) in [7, 11) is 0. The predicted molar refractivity (Wildman–Crippen MR) is 126 cm³/mol. The van der Waals surface area contributed by atoms with Crippen LogP contribution in [0.5, 0.6) is 0 Å². The lowest BCUT2D eigenvalue weighted by Gasteiger charge is -2.14. The van der Waals surface area contributed by atoms with E-state index in [2.05, 4.69) is 34.5 Å². The van der Waals surface area contributed by atoms with Crippen LogP contribution in [0.1, 0.15) is 24.0 Å². The number of halogens is 1. The molecule has 0 aromatic heterocycles. The summed E-state index contributed by atoms with van der Waals surface area (Å²) in [6, 6.07) is 23.9. The molecule has 152 valence electrons. The highest BCUT2D eigenvalue weighted by atomic mass is 35.5. The van der Waals surface area contributed by atoms with Crippen LogP contribution in [0, 0.1) is 0 Å². The van der Waals surface area contributed by atoms with E-state index in [4.69, 9.17) is 11.6 Å². The maximum atomic E-state index is 12.3. The van der Waals surface area contributed by atoms with Crippen LogP contribution in [0.2, 0.25) is 5.02 Å². The number of hydrogen-bond acceptors (Lipinski definition) is 2. The summed E-state index contributed by atoms with van der Waals surface area (Å²) in [6.45, 7) is 3.40. The van der Waals surface area contributed by atoms with Crippen molar-refractivity contribution in [2.24, 2.45) is 0 Å². The Kier molecular flexibility index (Phi) is 6.63. The fourth-order valence-electron chi connectivity index (χ4n) is 3.68. The smallest absolute Gasteiger partial charge is 0.248 e. The number of hydrogen-bond donors (Lipinski definition) is 1. The van der Waals surface area contributed by atoms with Crippen molar-refractivity contribution in [3.63, 3.8) is 0 Å². The van der Waals surface area contributed by atoms with Gasteiger partial charge in [0.15, 0.2) is 0 Å². The van der Waals surface area contributed by atoms with Crippen LogP contribution in [-0.4, -0.2) is 23.9 Å². The number of likely N-dealkylation sites (tertiary alicyclic amines) is 1. The second-order valence-electron chi connectivity index (χ2n) is 7.63. The first-order valence-electron chi connectivity index (χ1n) is 10.3. The Morgan fingerprint density at radius 2 is 1.47 bits per heavy atom. The van der Waals surface area contributed by atoms with Gasteiger partial charge in [-0.2, -0.15) is 0 Å². The predicted octanol–water partition coefficient (Wildman–Crippen LogP) is 6.25. The minimum absolute atomic E-state index is 0.143. The number of benzene rings is 3. The summed E-state index contributed by atoms with van der Waals surface area (Å²) in [5, 5.41) is 3.62. The van der Waals surface area contributed by atoms with Crippen molar-refractivity contribution in [1.82, 2.24) is 4.90 Å². The van der Waals surface area contributed by atoms with Crippen LogP contribution < -0.4 is 5.32 Å². The van der Waals surface area contributed by atoms with E-state index in [1.165, 1.54) is 31.5 Å². The number of rotatable bonds is 6. The first kappa shape index (κ1) is 20.4. The van der Waals surface area contributed by atoms with Gasteiger partial charge in [0.05, 0.1) is 0 Å². The number of carbonyl (C=O) groups excluding carboxylic acids is 1. The lowest BCUT2D eigenvalue weighted by Crippen LogP contribution is -2.18. The molecule has 3 aromatic rings. The zero-order chi connectivity index (χ0) is 20.8. The molecule has 0 aliphatic carbocycles. The summed E-state index contributed by atoms with van der Waals surface area (Å²) in [5.41, 5.74) is 5.27. The fraction of sp³-hybridized carbons (Fsp3) is 0.192. The maximum absolute atomic E-state index is 12.3. The van der Waals surface area contributed by atoms with Gasteiger partial charge in [-0.15, -0.1) is 0 Å². The van der Waals surface area contributed by atoms with E-state index in [0.29, 0.717) is 0 Å². The summed E-state index contributed by atoms with van der Waals surface area (Å²) >= 11 is 5.94. The molecule has 1 aliphatic rings. The minimum atomic E-state index is -0.143. The largest absolute Gasteiger partial charge is 0.323 e. The van der Waals surface area contributed by atoms with Crippen LogP contribution in [-0.2, 0) is 11.3 Å². The normalized spacial score (nSPS) is 14.3. The Bertz CT molecular complexity index is 1000. The van der Waals surface area contributed by atoms with Crippen LogP contribution >= 0.6 is 11.6 Å². The molecule has 0 saturated carbocycles. The molecular formula is C26H25ClN2O. The molecule has 0 unspecified atom stereocenters. The molecule has 0 bridgehead atoms. The topological polar surface area (TPSA) is 32.3 Å². The molecule has 1 saturated heterocycles. The van der Waals surface area contributed by atoms with Crippen molar-refractivity contribution in [2.75, 3.05) is 18.4 Å². The van der Waals surface area contributed by atoms with Crippen molar-refractivity contribution in [2.45, 2.75) is 19.4 Å². The van der Waals surface area contributed by atoms with Crippen molar-refractivity contribution in [3.05, 3.63) is 95.0 Å². The van der Waals surface area contributed by atoms with Gasteiger partial charge in [0.1, 0.15) is 0 Å². The quantitative estimate of drug-likeness (QED) is 0.481. The van der Waals surface area contributed by atoms with E-state index >= 15 is 0 Å². The van der Waals surface area contributed by atoms with E-state index in [9.17, 15) is 4.79 Å². The van der Waals surface area contributed by atoms with E-state index in [0.717, 1.165) is 33.9 Å². The number of amides is 1. The number of carbonyl (C=O) groups is 1. The summed E-state index contributed by atoms with van der Waals surface area (Å²) < 4.78 is 0. The number of nitrogens with zero attached hydrogens (tertiary/aromatic N) is 1. The van der Waals surface area contributed by atoms with Gasteiger partial charge in [-0.05, 0) is 78.5 Å². The summed E-state index contributed by atoms with van der Waals surface area (Å²) in [6.07, 6.45) is 6.03. The SMILES string of the molecule is O=C(/C=C\c1ccc(CN2CCCC2)cc1)Nc1ccc(-c2ccc(Cl)cc2)cc1. The van der Waals surface area contributed by atoms with Gasteiger partial charge in [-0.25, -0.2) is 0 Å². The Labute approximate surface area is 183 Å². The van der Waals surface area contributed by atoms with Gasteiger partial charge in [0, 0.05) is 23.3 Å². The van der Waals surface area contributed by atoms with E-state index < -0.39 is 0 Å². The molecule has 0 radical (unpaired) electrons. The molecule has 1 fully saturated rings. The third-order valence-corrected chi connectivity index (χ3v) is 5.59. The molecule has 0 spiro atoms. The van der Waals surface area contributed by atoms with Crippen molar-refractivity contribution < 1.29 is 4.79 Å². The third-order valence-electron chi connectivity index (χ3n) is 5.34. The fourth-order valence-corrected chi connectivity index (χ4v) is 3.80. The minimum Gasteiger partial charge on any atom is -0.323 e. The van der Waals surface area contributed by atoms with Gasteiger partial charge < -0.3 is 5.32 Å². The number of anilines is 1. The second kappa shape index (κ2) is 9.75. The van der Waals surface area contributed by atoms with Crippen LogP contribution in [0.25, 0.3) is 17.2 Å². The highest BCUT2D eigenvalue weighted by Crippen LogP contribution is 2.23. The summed E-state index contributed by atoms with van der Waals surface area (Å²) in [5.74, 6) is -0.143. The van der Waals surface area contributed by atoms with E-state index in [-0.39, 0.29) is 5.91 Å². The van der Waals surface area contributed by atoms with Gasteiger partial charge in [0.2, 0.25) is 5.91 Å². The standard InChI is InChI=1S/C26H25ClN2O/c27-24-12-8-22(9-13-24)23-10-14-25(15-11-23)28-26(30)16-7-20-3-5-21(6-4-20)19-29-17-1-2-18-29/h3-16H,1-2,17-19H2,(H,28,30)/b16-7-. The monoisotopic (exact) mass is 416 g/mol. The molecule has 4 heteroatoms. The molecule has 0 atom stereocenters. The van der Waals surface area contributed by atoms with Gasteiger partial charge >= 0.3 is 0 Å². The average Bonchev–Trinajstić information content (AvgIpc) is 3.28. The lowest BCUT2D eigenvalue weighted by atomic mass is 10.1. The molecule has 1 amide bonds. The molecule has 30 heavy (non-hydrogen) atoms. The third kappa shape index (κ3) is 5.59. The van der Waals surface area contributed by atoms with Crippen LogP contribution in [0.15, 0.2) is 78.9 Å². The van der Waals surface area contributed by atoms with Gasteiger partial charge in [-0.3, -0.25) is 9.69 Å². The zero-order valence-corrected chi connectivity index (χ0v) is 17.6. The Morgan fingerprint density at radius 1 is 0.867 bits per heavy atom. The van der Waals surface area contributed by atoms with E-state index in [1.54, 1.807) is 6.08 Å². The van der Waals surface area contributed by atoms with Crippen LogP contribution in [0.4, 0.5) is 5.69 Å². The van der Waals surface area contributed by atoms with Crippen molar-refractivity contribution in [1.29, 1.82) is 0 Å². The Morgan fingerprint density at radius 3 is 2.10 bits per heavy atom. The first-order valence-corrected chi connectivity index (χ1v) is 10.7. The molecule has 1 heterocycles. The van der Waals surface area contributed by atoms with Crippen molar-refractivity contribution >= 4 is 29.3 Å². The lowest BCUT2D eigenvalue weighted by molar-refractivity contribution is -0.111. The first-order chi connectivity index (χ1) is 14.7. The molecule has 1 N–H and O–H groups in total. The zero-order valence-electron chi connectivity index (χ0n) is 16.9. The average molecular weight is 417 g/mol. The van der Waals surface area contributed by atoms with Crippen LogP contribution in [0.3, 0.4) is 0 Å². The molecular weight excluding hydrogens is 392 g/mol. The van der Waals surface area contributed by atoms with Crippen molar-refractivity contribution in [3.8, 4) is 11.1 Å². The molecule has 1 aliphatic heterocycles. The second-order valence-corrected chi connectivity index (χ2v) is 8.07. The summed E-state index contributed by atoms with van der Waals surface area (Å²) in [4.78, 5) is 14.7. The highest BCUT2D eigenvalue weighted by Gasteiger charge is 2.11. The Balaban J connectivity index is 1.31. The highest BCUT2D eigenvalue weighted by molar-refractivity contribution is 6.30. The van der Waals surface area contributed by atoms with Gasteiger partial charge in [-0.1, -0.05) is 60.1 Å². The number of nitrogens with one attached hydrogen (secondary N) is 1. The Hall–Kier alpha value is -2.88. The molecule has 3 aromatic carbocycles. The van der Waals surface area contributed by atoms with E-state index in [1.807, 2.05) is 54.6 Å². The maximum Gasteiger partial charge on any atom is 0.248 e. The molecule has 3 nitrogen and oxygen atoms in total. The molecule has 4 rings (SSSR count). The van der Waals surface area contributed by atoms with Gasteiger partial charge in [0.25, 0.3) is 0 Å².